The van der Waals surface area contributed by atoms with Crippen molar-refractivity contribution in [3.05, 3.63) is 0 Å². The Morgan fingerprint density at radius 3 is 2.07 bits per heavy atom. The van der Waals surface area contributed by atoms with E-state index in [1.165, 1.54) is 45.2 Å². The van der Waals surface area contributed by atoms with Crippen LogP contribution < -0.4 is 10.6 Å². The zero-order chi connectivity index (χ0) is 10.7. The summed E-state index contributed by atoms with van der Waals surface area (Å²) in [6.07, 6.45) is 6.87. The minimum Gasteiger partial charge on any atom is -0.317 e. The van der Waals surface area contributed by atoms with Gasteiger partial charge in [-0.15, -0.1) is 0 Å². The Morgan fingerprint density at radius 1 is 0.867 bits per heavy atom. The molecule has 2 atom stereocenters. The molecule has 2 N–H and O–H groups in total. The lowest BCUT2D eigenvalue weighted by atomic mass is 9.80. The summed E-state index contributed by atoms with van der Waals surface area (Å²) in [6, 6.07) is 1.58. The first kappa shape index (κ1) is 11.4. The Bertz CT molecular complexity index is 177. The van der Waals surface area contributed by atoms with Crippen molar-refractivity contribution < 1.29 is 0 Å². The van der Waals surface area contributed by atoms with E-state index in [-0.39, 0.29) is 0 Å². The van der Waals surface area contributed by atoms with Gasteiger partial charge in [-0.05, 0) is 57.0 Å². The van der Waals surface area contributed by atoms with Gasteiger partial charge in [-0.3, -0.25) is 0 Å². The average molecular weight is 210 g/mol. The molecule has 2 rings (SSSR count). The highest BCUT2D eigenvalue weighted by Gasteiger charge is 2.25. The number of piperidine rings is 1. The first-order valence-corrected chi connectivity index (χ1v) is 6.71. The molecule has 2 fully saturated rings. The SMILES string of the molecule is CC1CC(C)CC(NC2CCNCC2)C1. The van der Waals surface area contributed by atoms with Gasteiger partial charge in [-0.2, -0.15) is 0 Å². The highest BCUT2D eigenvalue weighted by Crippen LogP contribution is 2.29. The fourth-order valence-corrected chi connectivity index (χ4v) is 3.40. The van der Waals surface area contributed by atoms with Crippen LogP contribution in [-0.4, -0.2) is 25.2 Å². The molecule has 1 aliphatic carbocycles. The number of hydrogen-bond acceptors (Lipinski definition) is 2. The zero-order valence-electron chi connectivity index (χ0n) is 10.3. The van der Waals surface area contributed by atoms with E-state index in [2.05, 4.69) is 24.5 Å². The predicted molar refractivity (Wildman–Crippen MR) is 65.0 cm³/mol. The van der Waals surface area contributed by atoms with E-state index in [1.807, 2.05) is 0 Å². The molecule has 88 valence electrons. The predicted octanol–water partition coefficient (Wildman–Crippen LogP) is 2.15. The molecule has 0 aromatic carbocycles. The van der Waals surface area contributed by atoms with E-state index >= 15 is 0 Å². The molecule has 1 heterocycles. The van der Waals surface area contributed by atoms with Crippen molar-refractivity contribution in [3.63, 3.8) is 0 Å². The van der Waals surface area contributed by atoms with Gasteiger partial charge in [-0.1, -0.05) is 13.8 Å². The van der Waals surface area contributed by atoms with Crippen LogP contribution in [0, 0.1) is 11.8 Å². The quantitative estimate of drug-likeness (QED) is 0.730. The van der Waals surface area contributed by atoms with Gasteiger partial charge in [0.2, 0.25) is 0 Å². The average Bonchev–Trinajstić information content (AvgIpc) is 2.17. The maximum atomic E-state index is 3.88. The third kappa shape index (κ3) is 3.46. The molecule has 2 aliphatic rings. The highest BCUT2D eigenvalue weighted by atomic mass is 15.0. The Hall–Kier alpha value is -0.0800. The topological polar surface area (TPSA) is 24.1 Å². The fraction of sp³-hybridized carbons (Fsp3) is 1.00. The second-order valence-corrected chi connectivity index (χ2v) is 5.81. The van der Waals surface area contributed by atoms with Gasteiger partial charge >= 0.3 is 0 Å². The van der Waals surface area contributed by atoms with E-state index in [1.54, 1.807) is 0 Å². The van der Waals surface area contributed by atoms with Crippen molar-refractivity contribution in [1.29, 1.82) is 0 Å². The third-order valence-corrected chi connectivity index (χ3v) is 3.99. The Balaban J connectivity index is 1.77. The van der Waals surface area contributed by atoms with Gasteiger partial charge < -0.3 is 10.6 Å². The van der Waals surface area contributed by atoms with Gasteiger partial charge in [0.25, 0.3) is 0 Å². The molecule has 0 aromatic rings. The lowest BCUT2D eigenvalue weighted by molar-refractivity contribution is 0.214. The summed E-state index contributed by atoms with van der Waals surface area (Å²) < 4.78 is 0. The van der Waals surface area contributed by atoms with E-state index in [9.17, 15) is 0 Å². The summed E-state index contributed by atoms with van der Waals surface area (Å²) in [5.41, 5.74) is 0. The molecule has 1 aliphatic heterocycles. The van der Waals surface area contributed by atoms with Gasteiger partial charge in [0.05, 0.1) is 0 Å². The summed E-state index contributed by atoms with van der Waals surface area (Å²) in [6.45, 7) is 7.23. The molecule has 1 saturated heterocycles. The van der Waals surface area contributed by atoms with Crippen LogP contribution in [-0.2, 0) is 0 Å². The van der Waals surface area contributed by atoms with E-state index in [0.29, 0.717) is 0 Å². The van der Waals surface area contributed by atoms with E-state index in [0.717, 1.165) is 23.9 Å². The minimum absolute atomic E-state index is 0.786. The summed E-state index contributed by atoms with van der Waals surface area (Å²) in [5, 5.41) is 7.31. The summed E-state index contributed by atoms with van der Waals surface area (Å²) in [7, 11) is 0. The van der Waals surface area contributed by atoms with Crippen molar-refractivity contribution in [2.24, 2.45) is 11.8 Å². The van der Waals surface area contributed by atoms with Crippen LogP contribution in [0.1, 0.15) is 46.0 Å². The van der Waals surface area contributed by atoms with E-state index < -0.39 is 0 Å². The normalized spacial score (nSPS) is 39.2. The second-order valence-electron chi connectivity index (χ2n) is 5.81. The van der Waals surface area contributed by atoms with Crippen LogP contribution in [0.3, 0.4) is 0 Å². The molecular weight excluding hydrogens is 184 g/mol. The summed E-state index contributed by atoms with van der Waals surface area (Å²) in [4.78, 5) is 0. The van der Waals surface area contributed by atoms with Crippen molar-refractivity contribution >= 4 is 0 Å². The first-order valence-electron chi connectivity index (χ1n) is 6.71. The Morgan fingerprint density at radius 2 is 1.47 bits per heavy atom. The fourth-order valence-electron chi connectivity index (χ4n) is 3.40. The summed E-state index contributed by atoms with van der Waals surface area (Å²) in [5.74, 6) is 1.85. The van der Waals surface area contributed by atoms with Gasteiger partial charge in [0.15, 0.2) is 0 Å². The number of rotatable bonds is 2. The molecule has 0 radical (unpaired) electrons. The molecule has 2 nitrogen and oxygen atoms in total. The Kier molecular flexibility index (Phi) is 4.04. The van der Waals surface area contributed by atoms with Gasteiger partial charge in [0.1, 0.15) is 0 Å². The first-order chi connectivity index (χ1) is 7.24. The van der Waals surface area contributed by atoms with Crippen LogP contribution in [0.25, 0.3) is 0 Å². The molecule has 1 saturated carbocycles. The van der Waals surface area contributed by atoms with Crippen LogP contribution in [0.2, 0.25) is 0 Å². The number of nitrogens with one attached hydrogen (secondary N) is 2. The smallest absolute Gasteiger partial charge is 0.00938 e. The molecule has 2 unspecified atom stereocenters. The van der Waals surface area contributed by atoms with Crippen LogP contribution >= 0.6 is 0 Å². The van der Waals surface area contributed by atoms with Crippen LogP contribution in [0.15, 0.2) is 0 Å². The third-order valence-electron chi connectivity index (χ3n) is 3.99. The molecule has 15 heavy (non-hydrogen) atoms. The monoisotopic (exact) mass is 210 g/mol. The largest absolute Gasteiger partial charge is 0.317 e. The minimum atomic E-state index is 0.786. The van der Waals surface area contributed by atoms with Gasteiger partial charge in [0, 0.05) is 12.1 Å². The molecule has 0 aromatic heterocycles. The van der Waals surface area contributed by atoms with Crippen molar-refractivity contribution in [2.75, 3.05) is 13.1 Å². The maximum Gasteiger partial charge on any atom is 0.00938 e. The van der Waals surface area contributed by atoms with Crippen LogP contribution in [0.4, 0.5) is 0 Å². The zero-order valence-corrected chi connectivity index (χ0v) is 10.3. The van der Waals surface area contributed by atoms with Crippen LogP contribution in [0.5, 0.6) is 0 Å². The maximum absolute atomic E-state index is 3.88. The number of hydrogen-bond donors (Lipinski definition) is 2. The van der Waals surface area contributed by atoms with E-state index in [4.69, 9.17) is 0 Å². The van der Waals surface area contributed by atoms with Gasteiger partial charge in [-0.25, -0.2) is 0 Å². The Labute approximate surface area is 94.2 Å². The highest BCUT2D eigenvalue weighted by molar-refractivity contribution is 4.84. The molecule has 2 heteroatoms. The van der Waals surface area contributed by atoms with Crippen molar-refractivity contribution in [2.45, 2.75) is 58.0 Å². The molecule has 0 amide bonds. The summed E-state index contributed by atoms with van der Waals surface area (Å²) >= 11 is 0. The van der Waals surface area contributed by atoms with Crippen molar-refractivity contribution in [3.8, 4) is 0 Å². The molecular formula is C13H26N2. The van der Waals surface area contributed by atoms with Crippen molar-refractivity contribution in [1.82, 2.24) is 10.6 Å². The molecule has 0 bridgehead atoms. The molecule has 0 spiro atoms. The lowest BCUT2D eigenvalue weighted by Crippen LogP contribution is -2.47. The second kappa shape index (κ2) is 5.31. The lowest BCUT2D eigenvalue weighted by Gasteiger charge is -2.36. The standard InChI is InChI=1S/C13H26N2/c1-10-7-11(2)9-13(8-10)15-12-3-5-14-6-4-12/h10-15H,3-9H2,1-2H3.